The van der Waals surface area contributed by atoms with E-state index in [1.165, 1.54) is 12.1 Å². The summed E-state index contributed by atoms with van der Waals surface area (Å²) >= 11 is 0. The average Bonchev–Trinajstić information content (AvgIpc) is 3.04. The molecule has 3 rings (SSSR count). The fourth-order valence-electron chi connectivity index (χ4n) is 4.12. The molecule has 0 spiro atoms. The number of benzene rings is 1. The summed E-state index contributed by atoms with van der Waals surface area (Å²) in [5.74, 6) is 1.11. The molecule has 1 aliphatic rings. The van der Waals surface area contributed by atoms with E-state index in [2.05, 4.69) is 31.1 Å². The molecule has 0 radical (unpaired) electrons. The van der Waals surface area contributed by atoms with Gasteiger partial charge in [0.1, 0.15) is 17.7 Å². The highest BCUT2D eigenvalue weighted by atomic mass is 19.1. The average molecular weight is 372 g/mol. The Kier molecular flexibility index (Phi) is 5.68. The first-order valence-corrected chi connectivity index (χ1v) is 9.79. The maximum atomic E-state index is 13.8. The van der Waals surface area contributed by atoms with Gasteiger partial charge in [0.05, 0.1) is 0 Å². The molecule has 146 valence electrons. The fraction of sp³-hybridized carbons (Fsp3) is 0.545. The number of carbonyl (C=O) groups is 1. The van der Waals surface area contributed by atoms with Crippen molar-refractivity contribution < 1.29 is 9.18 Å². The number of hydrogen-bond acceptors (Lipinski definition) is 2. The molecule has 0 unspecified atom stereocenters. The van der Waals surface area contributed by atoms with Crippen LogP contribution in [0.25, 0.3) is 0 Å². The Hall–Kier alpha value is -2.17. The Morgan fingerprint density at radius 1 is 1.26 bits per heavy atom. The van der Waals surface area contributed by atoms with Crippen molar-refractivity contribution in [1.82, 2.24) is 14.9 Å². The Morgan fingerprint density at radius 2 is 1.96 bits per heavy atom. The molecule has 0 bridgehead atoms. The lowest BCUT2D eigenvalue weighted by Gasteiger charge is -2.36. The van der Waals surface area contributed by atoms with E-state index in [-0.39, 0.29) is 17.6 Å². The fourth-order valence-corrected chi connectivity index (χ4v) is 4.12. The van der Waals surface area contributed by atoms with Gasteiger partial charge >= 0.3 is 0 Å². The third-order valence-electron chi connectivity index (χ3n) is 5.91. The van der Waals surface area contributed by atoms with Crippen LogP contribution in [0.1, 0.15) is 63.9 Å². The van der Waals surface area contributed by atoms with Crippen molar-refractivity contribution in [3.8, 4) is 0 Å². The van der Waals surface area contributed by atoms with Gasteiger partial charge in [-0.05, 0) is 54.7 Å². The van der Waals surface area contributed by atoms with E-state index in [1.54, 1.807) is 12.3 Å². The van der Waals surface area contributed by atoms with Gasteiger partial charge in [-0.2, -0.15) is 0 Å². The van der Waals surface area contributed by atoms with E-state index in [0.29, 0.717) is 22.7 Å². The van der Waals surface area contributed by atoms with E-state index in [1.807, 2.05) is 23.9 Å². The lowest BCUT2D eigenvalue weighted by molar-refractivity contribution is -0.127. The van der Waals surface area contributed by atoms with Crippen molar-refractivity contribution in [3.63, 3.8) is 0 Å². The molecule has 4 nitrogen and oxygen atoms in total. The van der Waals surface area contributed by atoms with Crippen LogP contribution in [-0.4, -0.2) is 15.5 Å². The van der Waals surface area contributed by atoms with Gasteiger partial charge in [-0.25, -0.2) is 9.37 Å². The van der Waals surface area contributed by atoms with Gasteiger partial charge in [0.25, 0.3) is 0 Å². The first-order valence-electron chi connectivity index (χ1n) is 9.79. The van der Waals surface area contributed by atoms with E-state index < -0.39 is 6.04 Å². The van der Waals surface area contributed by atoms with Crippen LogP contribution in [-0.2, 0) is 11.8 Å². The van der Waals surface area contributed by atoms with Gasteiger partial charge in [-0.1, -0.05) is 32.9 Å². The molecule has 1 N–H and O–H groups in total. The Morgan fingerprint density at radius 3 is 2.52 bits per heavy atom. The molecule has 1 aromatic carbocycles. The van der Waals surface area contributed by atoms with E-state index in [9.17, 15) is 9.18 Å². The van der Waals surface area contributed by atoms with Crippen molar-refractivity contribution >= 4 is 5.91 Å². The zero-order valence-corrected chi connectivity index (χ0v) is 16.7. The molecule has 1 saturated carbocycles. The highest BCUT2D eigenvalue weighted by molar-refractivity contribution is 5.79. The number of amides is 1. The molecule has 1 heterocycles. The standard InChI is InChI=1S/C22H30FN3O/c1-22(2,3)17-10-8-15(9-11-17)21(27)25-19(20-24-12-13-26(20)4)16-6-5-7-18(23)14-16/h5-7,12-15,17,19H,8-11H2,1-4H3,(H,25,27)/t15?,17?,19-/m0/s1. The second-order valence-electron chi connectivity index (χ2n) is 8.81. The molecule has 1 fully saturated rings. The molecular formula is C22H30FN3O. The number of halogens is 1. The Labute approximate surface area is 161 Å². The number of rotatable bonds is 4. The lowest BCUT2D eigenvalue weighted by Crippen LogP contribution is -2.38. The summed E-state index contributed by atoms with van der Waals surface area (Å²) in [4.78, 5) is 17.4. The third-order valence-corrected chi connectivity index (χ3v) is 5.91. The zero-order chi connectivity index (χ0) is 19.6. The number of aryl methyl sites for hydroxylation is 1. The first-order chi connectivity index (χ1) is 12.8. The quantitative estimate of drug-likeness (QED) is 0.853. The second kappa shape index (κ2) is 7.83. The Bertz CT molecular complexity index is 785. The lowest BCUT2D eigenvalue weighted by atomic mass is 9.69. The van der Waals surface area contributed by atoms with E-state index >= 15 is 0 Å². The predicted octanol–water partition coefficient (Wildman–Crippen LogP) is 4.62. The second-order valence-corrected chi connectivity index (χ2v) is 8.81. The summed E-state index contributed by atoms with van der Waals surface area (Å²) in [5.41, 5.74) is 0.999. The van der Waals surface area contributed by atoms with Crippen LogP contribution < -0.4 is 5.32 Å². The van der Waals surface area contributed by atoms with Crippen LogP contribution in [0.3, 0.4) is 0 Å². The van der Waals surface area contributed by atoms with Gasteiger partial charge in [0.2, 0.25) is 5.91 Å². The summed E-state index contributed by atoms with van der Waals surface area (Å²) in [6, 6.07) is 5.93. The maximum absolute atomic E-state index is 13.8. The molecular weight excluding hydrogens is 341 g/mol. The van der Waals surface area contributed by atoms with Crippen LogP contribution in [0.2, 0.25) is 0 Å². The van der Waals surface area contributed by atoms with E-state index in [0.717, 1.165) is 25.7 Å². The van der Waals surface area contributed by atoms with Crippen molar-refractivity contribution in [2.75, 3.05) is 0 Å². The van der Waals surface area contributed by atoms with Crippen LogP contribution >= 0.6 is 0 Å². The van der Waals surface area contributed by atoms with Gasteiger partial charge in [-0.3, -0.25) is 4.79 Å². The molecule has 27 heavy (non-hydrogen) atoms. The van der Waals surface area contributed by atoms with E-state index in [4.69, 9.17) is 0 Å². The minimum absolute atomic E-state index is 0.0138. The topological polar surface area (TPSA) is 46.9 Å². The molecule has 0 saturated heterocycles. The minimum atomic E-state index is -0.450. The molecule has 1 atom stereocenters. The van der Waals surface area contributed by atoms with Crippen molar-refractivity contribution in [3.05, 3.63) is 53.9 Å². The molecule has 2 aromatic rings. The van der Waals surface area contributed by atoms with Gasteiger partial charge in [-0.15, -0.1) is 0 Å². The van der Waals surface area contributed by atoms with Crippen LogP contribution in [0.5, 0.6) is 0 Å². The summed E-state index contributed by atoms with van der Waals surface area (Å²) in [5, 5.41) is 3.14. The summed E-state index contributed by atoms with van der Waals surface area (Å²) in [7, 11) is 1.88. The Balaban J connectivity index is 1.75. The summed E-state index contributed by atoms with van der Waals surface area (Å²) in [6.45, 7) is 6.83. The molecule has 0 aliphatic heterocycles. The number of nitrogens with one attached hydrogen (secondary N) is 1. The number of imidazole rings is 1. The number of nitrogens with zero attached hydrogens (tertiary/aromatic N) is 2. The highest BCUT2D eigenvalue weighted by Crippen LogP contribution is 2.40. The third kappa shape index (κ3) is 4.57. The van der Waals surface area contributed by atoms with Crippen LogP contribution in [0, 0.1) is 23.1 Å². The molecule has 5 heteroatoms. The summed E-state index contributed by atoms with van der Waals surface area (Å²) in [6.07, 6.45) is 7.50. The predicted molar refractivity (Wildman–Crippen MR) is 104 cm³/mol. The smallest absolute Gasteiger partial charge is 0.223 e. The minimum Gasteiger partial charge on any atom is -0.342 e. The highest BCUT2D eigenvalue weighted by Gasteiger charge is 2.33. The van der Waals surface area contributed by atoms with Crippen LogP contribution in [0.4, 0.5) is 4.39 Å². The van der Waals surface area contributed by atoms with Gasteiger partial charge in [0.15, 0.2) is 0 Å². The number of aromatic nitrogens is 2. The largest absolute Gasteiger partial charge is 0.342 e. The molecule has 1 amide bonds. The monoisotopic (exact) mass is 371 g/mol. The van der Waals surface area contributed by atoms with Crippen molar-refractivity contribution in [2.45, 2.75) is 52.5 Å². The van der Waals surface area contributed by atoms with Crippen LogP contribution in [0.15, 0.2) is 36.7 Å². The molecule has 1 aromatic heterocycles. The van der Waals surface area contributed by atoms with Crippen molar-refractivity contribution in [2.24, 2.45) is 24.3 Å². The van der Waals surface area contributed by atoms with Gasteiger partial charge < -0.3 is 9.88 Å². The number of carbonyl (C=O) groups excluding carboxylic acids is 1. The number of hydrogen-bond donors (Lipinski definition) is 1. The maximum Gasteiger partial charge on any atom is 0.223 e. The SMILES string of the molecule is Cn1ccnc1[C@@H](NC(=O)C1CCC(C(C)(C)C)CC1)c1cccc(F)c1. The summed E-state index contributed by atoms with van der Waals surface area (Å²) < 4.78 is 15.6. The van der Waals surface area contributed by atoms with Gasteiger partial charge in [0, 0.05) is 25.4 Å². The first kappa shape index (κ1) is 19.6. The molecule has 1 aliphatic carbocycles. The zero-order valence-electron chi connectivity index (χ0n) is 16.7. The normalized spacial score (nSPS) is 21.7. The van der Waals surface area contributed by atoms with Crippen molar-refractivity contribution in [1.29, 1.82) is 0 Å².